The molecule has 0 saturated heterocycles. The number of carbonyl (C=O) groups is 3. The van der Waals surface area contributed by atoms with Crippen LogP contribution in [0.15, 0.2) is 35.0 Å². The summed E-state index contributed by atoms with van der Waals surface area (Å²) in [6, 6.07) is 6.18. The second kappa shape index (κ2) is 21.9. The Morgan fingerprint density at radius 3 is 1.96 bits per heavy atom. The molecule has 0 saturated carbocycles. The highest BCUT2D eigenvalue weighted by molar-refractivity contribution is 5.94. The van der Waals surface area contributed by atoms with E-state index in [1.54, 1.807) is 24.3 Å². The van der Waals surface area contributed by atoms with E-state index in [9.17, 15) is 14.4 Å². The van der Waals surface area contributed by atoms with Gasteiger partial charge in [0.15, 0.2) is 0 Å². The molecule has 0 aliphatic heterocycles. The molecular formula is C29H46N5O11+. The molecular weight excluding hydrogens is 594 g/mol. The summed E-state index contributed by atoms with van der Waals surface area (Å²) in [5.74, 6) is -0.444. The molecule has 2 aromatic rings. The number of esters is 1. The number of nitrogens with zero attached hydrogens (tertiary/aromatic N) is 2. The number of nitrogens with one attached hydrogen (secondary N) is 3. The van der Waals surface area contributed by atoms with Crippen LogP contribution in [-0.2, 0) is 33.2 Å². The molecule has 0 spiro atoms. The van der Waals surface area contributed by atoms with Gasteiger partial charge in [-0.1, -0.05) is 0 Å². The fourth-order valence-corrected chi connectivity index (χ4v) is 3.40. The zero-order valence-electron chi connectivity index (χ0n) is 26.2. The van der Waals surface area contributed by atoms with Crippen molar-refractivity contribution in [2.45, 2.75) is 32.8 Å². The van der Waals surface area contributed by atoms with Gasteiger partial charge in [-0.3, -0.25) is 19.4 Å². The zero-order valence-corrected chi connectivity index (χ0v) is 26.2. The number of rotatable bonds is 23. The fraction of sp³-hybridized carbons (Fsp3) is 0.621. The lowest BCUT2D eigenvalue weighted by atomic mass is 10.2. The summed E-state index contributed by atoms with van der Waals surface area (Å²) in [4.78, 5) is 36.1. The molecule has 0 bridgehead atoms. The standard InChI is InChI=1S/C29H45N5O11/c1-29(2,3)44-26(36)8-12-39-16-17-40-13-9-30-27(37)23-4-6-24(7-5-23)34-22-25(45-33-34)32-28(38)31-10-14-41-18-20-43-21-19-42-15-11-35/h4-7,22,35H,8-21H2,1-3H3,(H2-,30,31,32,33,37,38)/p+1. The number of urea groups is 1. The average Bonchev–Trinajstić information content (AvgIpc) is 3.46. The van der Waals surface area contributed by atoms with Gasteiger partial charge in [0.05, 0.1) is 79.1 Å². The molecule has 0 radical (unpaired) electrons. The minimum Gasteiger partial charge on any atom is -0.460 e. The summed E-state index contributed by atoms with van der Waals surface area (Å²) >= 11 is 0. The van der Waals surface area contributed by atoms with Crippen LogP contribution in [0, 0.1) is 0 Å². The van der Waals surface area contributed by atoms with Gasteiger partial charge in [-0.2, -0.15) is 0 Å². The monoisotopic (exact) mass is 640 g/mol. The van der Waals surface area contributed by atoms with Crippen LogP contribution in [0.4, 0.5) is 10.7 Å². The highest BCUT2D eigenvalue weighted by Gasteiger charge is 2.18. The van der Waals surface area contributed by atoms with Crippen molar-refractivity contribution in [1.29, 1.82) is 0 Å². The average molecular weight is 641 g/mol. The third-order valence-electron chi connectivity index (χ3n) is 5.38. The third-order valence-corrected chi connectivity index (χ3v) is 5.38. The van der Waals surface area contributed by atoms with Crippen LogP contribution in [0.5, 0.6) is 0 Å². The van der Waals surface area contributed by atoms with Crippen molar-refractivity contribution in [1.82, 2.24) is 15.9 Å². The van der Waals surface area contributed by atoms with E-state index in [0.717, 1.165) is 0 Å². The maximum absolute atomic E-state index is 12.4. The Morgan fingerprint density at radius 1 is 0.800 bits per heavy atom. The predicted molar refractivity (Wildman–Crippen MR) is 159 cm³/mol. The van der Waals surface area contributed by atoms with Gasteiger partial charge in [0, 0.05) is 30.8 Å². The van der Waals surface area contributed by atoms with E-state index >= 15 is 0 Å². The van der Waals surface area contributed by atoms with Gasteiger partial charge in [-0.15, -0.1) is 0 Å². The van der Waals surface area contributed by atoms with Crippen molar-refractivity contribution in [3.8, 4) is 5.69 Å². The molecule has 2 rings (SSSR count). The highest BCUT2D eigenvalue weighted by atomic mass is 16.6. The normalized spacial score (nSPS) is 11.3. The van der Waals surface area contributed by atoms with Crippen molar-refractivity contribution >= 4 is 23.8 Å². The highest BCUT2D eigenvalue weighted by Crippen LogP contribution is 2.08. The molecule has 0 aliphatic carbocycles. The first-order chi connectivity index (χ1) is 21.7. The van der Waals surface area contributed by atoms with Gasteiger partial charge < -0.3 is 44.2 Å². The first kappa shape index (κ1) is 37.5. The molecule has 1 aromatic carbocycles. The lowest BCUT2D eigenvalue weighted by Gasteiger charge is -2.19. The van der Waals surface area contributed by atoms with Gasteiger partial charge in [-0.25, -0.2) is 4.79 Å². The van der Waals surface area contributed by atoms with Crippen molar-refractivity contribution in [2.75, 3.05) is 91.1 Å². The Bertz CT molecular complexity index is 1120. The molecule has 3 amide bonds. The molecule has 45 heavy (non-hydrogen) atoms. The number of benzene rings is 1. The lowest BCUT2D eigenvalue weighted by Crippen LogP contribution is -2.33. The van der Waals surface area contributed by atoms with E-state index in [0.29, 0.717) is 70.7 Å². The number of aromatic nitrogens is 2. The molecule has 1 aromatic heterocycles. The number of aliphatic hydroxyl groups excluding tert-OH is 1. The van der Waals surface area contributed by atoms with Crippen LogP contribution in [-0.4, -0.2) is 120 Å². The van der Waals surface area contributed by atoms with Crippen LogP contribution in [0.3, 0.4) is 0 Å². The lowest BCUT2D eigenvalue weighted by molar-refractivity contribution is -0.670. The first-order valence-electron chi connectivity index (χ1n) is 14.7. The Hall–Kier alpha value is -3.67. The molecule has 0 atom stereocenters. The van der Waals surface area contributed by atoms with Gasteiger partial charge >= 0.3 is 17.9 Å². The molecule has 16 nitrogen and oxygen atoms in total. The number of hydrogen-bond donors (Lipinski definition) is 4. The predicted octanol–water partition coefficient (Wildman–Crippen LogP) is 0.610. The van der Waals surface area contributed by atoms with Crippen LogP contribution in [0.1, 0.15) is 37.6 Å². The van der Waals surface area contributed by atoms with Gasteiger partial charge in [0.25, 0.3) is 12.1 Å². The first-order valence-corrected chi connectivity index (χ1v) is 14.7. The van der Waals surface area contributed by atoms with Crippen molar-refractivity contribution in [3.63, 3.8) is 0 Å². The summed E-state index contributed by atoms with van der Waals surface area (Å²) in [6.45, 7) is 9.41. The Kier molecular flexibility index (Phi) is 18.3. The molecule has 16 heteroatoms. The van der Waals surface area contributed by atoms with E-state index in [1.165, 1.54) is 10.9 Å². The molecule has 0 aliphatic rings. The molecule has 1 heterocycles. The van der Waals surface area contributed by atoms with Crippen LogP contribution in [0.25, 0.3) is 5.69 Å². The van der Waals surface area contributed by atoms with Crippen LogP contribution >= 0.6 is 0 Å². The zero-order chi connectivity index (χ0) is 32.8. The van der Waals surface area contributed by atoms with E-state index < -0.39 is 11.6 Å². The second-order valence-electron chi connectivity index (χ2n) is 10.3. The van der Waals surface area contributed by atoms with E-state index in [4.69, 9.17) is 38.1 Å². The van der Waals surface area contributed by atoms with E-state index in [2.05, 4.69) is 21.2 Å². The Morgan fingerprint density at radius 2 is 1.36 bits per heavy atom. The third kappa shape index (κ3) is 18.0. The van der Waals surface area contributed by atoms with Crippen LogP contribution in [0.2, 0.25) is 0 Å². The van der Waals surface area contributed by atoms with E-state index in [1.807, 2.05) is 20.8 Å². The summed E-state index contributed by atoms with van der Waals surface area (Å²) in [7, 11) is 0. The van der Waals surface area contributed by atoms with Crippen LogP contribution < -0.4 is 20.6 Å². The number of hydrogen-bond acceptors (Lipinski definition) is 12. The molecule has 0 fully saturated rings. The maximum atomic E-state index is 12.4. The topological polar surface area (TPSA) is 193 Å². The fourth-order valence-electron chi connectivity index (χ4n) is 3.40. The Labute approximate surface area is 262 Å². The van der Waals surface area contributed by atoms with Crippen molar-refractivity contribution in [3.05, 3.63) is 36.0 Å². The maximum Gasteiger partial charge on any atom is 0.321 e. The quantitative estimate of drug-likeness (QED) is 0.0753. The summed E-state index contributed by atoms with van der Waals surface area (Å²) in [5, 5.41) is 20.4. The Balaban J connectivity index is 1.55. The largest absolute Gasteiger partial charge is 0.460 e. The van der Waals surface area contributed by atoms with Crippen molar-refractivity contribution in [2.24, 2.45) is 0 Å². The molecule has 252 valence electrons. The molecule has 0 unspecified atom stereocenters. The SMILES string of the molecule is CC(C)(C)OC(=O)CCOCCOCCNC(=O)c1ccc(-[n+]2cc(NC(=O)NCCOCCOCCOCCO)on2)cc1. The summed E-state index contributed by atoms with van der Waals surface area (Å²) < 4.78 is 38.3. The van der Waals surface area contributed by atoms with Gasteiger partial charge in [0.1, 0.15) is 5.60 Å². The minimum absolute atomic E-state index is 0.0182. The molecule has 4 N–H and O–H groups in total. The number of amides is 3. The van der Waals surface area contributed by atoms with Gasteiger partial charge in [-0.05, 0) is 37.6 Å². The second-order valence-corrected chi connectivity index (χ2v) is 10.3. The van der Waals surface area contributed by atoms with Crippen molar-refractivity contribution < 1.29 is 57.1 Å². The minimum atomic E-state index is -0.514. The number of aliphatic hydroxyl groups is 1. The number of ether oxygens (including phenoxy) is 6. The number of anilines is 1. The summed E-state index contributed by atoms with van der Waals surface area (Å²) in [6.07, 6.45) is 1.67. The smallest absolute Gasteiger partial charge is 0.321 e. The summed E-state index contributed by atoms with van der Waals surface area (Å²) in [5.41, 5.74) is 0.556. The van der Waals surface area contributed by atoms with Gasteiger partial charge in [0.2, 0.25) is 11.0 Å². The number of carbonyl (C=O) groups excluding carboxylic acids is 3. The van der Waals surface area contributed by atoms with E-state index in [-0.39, 0.29) is 50.5 Å².